The predicted molar refractivity (Wildman–Crippen MR) is 49.5 cm³/mol. The number of aromatic nitrogens is 2. The lowest BCUT2D eigenvalue weighted by Gasteiger charge is -2.00. The van der Waals surface area contributed by atoms with E-state index in [1.165, 1.54) is 0 Å². The lowest BCUT2D eigenvalue weighted by molar-refractivity contribution is 0.775. The molecule has 0 aliphatic rings. The average molecular weight is 166 g/mol. The Bertz CT molecular complexity index is 239. The number of rotatable bonds is 3. The summed E-state index contributed by atoms with van der Waals surface area (Å²) in [6, 6.07) is 1.77. The molecule has 0 aromatic carbocycles. The molecule has 1 aromatic rings. The molecule has 0 fully saturated rings. The molecule has 1 aromatic heterocycles. The third kappa shape index (κ3) is 2.38. The second kappa shape index (κ2) is 3.90. The molecule has 0 spiro atoms. The van der Waals surface area contributed by atoms with Gasteiger partial charge < -0.3 is 11.5 Å². The van der Waals surface area contributed by atoms with Crippen molar-refractivity contribution in [1.82, 2.24) is 9.97 Å². The average Bonchev–Trinajstić information content (AvgIpc) is 1.99. The van der Waals surface area contributed by atoms with Gasteiger partial charge in [0, 0.05) is 11.8 Å². The molecule has 1 heterocycles. The zero-order valence-corrected chi connectivity index (χ0v) is 7.25. The normalized spacial score (nSPS) is 10.1. The number of aryl methyl sites for hydroxylation is 1. The summed E-state index contributed by atoms with van der Waals surface area (Å²) in [5.41, 5.74) is 11.9. The number of hydrogen-bond acceptors (Lipinski definition) is 4. The lowest BCUT2D eigenvalue weighted by Crippen LogP contribution is -2.02. The van der Waals surface area contributed by atoms with Crippen LogP contribution in [0.3, 0.4) is 0 Å². The Labute approximate surface area is 72.0 Å². The van der Waals surface area contributed by atoms with Crippen molar-refractivity contribution >= 4 is 11.8 Å². The molecule has 12 heavy (non-hydrogen) atoms. The Morgan fingerprint density at radius 1 is 1.33 bits per heavy atom. The topological polar surface area (TPSA) is 77.8 Å². The number of nitrogens with two attached hydrogens (primary N) is 2. The Kier molecular flexibility index (Phi) is 2.85. The lowest BCUT2D eigenvalue weighted by atomic mass is 10.2. The molecular weight excluding hydrogens is 152 g/mol. The van der Waals surface area contributed by atoms with Crippen LogP contribution >= 0.6 is 0 Å². The van der Waals surface area contributed by atoms with Crippen molar-refractivity contribution in [2.24, 2.45) is 0 Å². The molecule has 4 heteroatoms. The molecular formula is C8H14N4. The fourth-order valence-electron chi connectivity index (χ4n) is 1.03. The van der Waals surface area contributed by atoms with E-state index in [1.807, 2.05) is 0 Å². The van der Waals surface area contributed by atoms with Gasteiger partial charge in [0.25, 0.3) is 0 Å². The highest BCUT2D eigenvalue weighted by atomic mass is 15.0. The molecule has 0 bridgehead atoms. The smallest absolute Gasteiger partial charge is 0.222 e. The van der Waals surface area contributed by atoms with E-state index in [2.05, 4.69) is 16.9 Å². The summed E-state index contributed by atoms with van der Waals surface area (Å²) in [4.78, 5) is 7.84. The highest BCUT2D eigenvalue weighted by Gasteiger charge is 1.98. The number of anilines is 2. The maximum atomic E-state index is 5.50. The highest BCUT2D eigenvalue weighted by Crippen LogP contribution is 2.07. The maximum absolute atomic E-state index is 5.50. The van der Waals surface area contributed by atoms with Crippen LogP contribution in [0.2, 0.25) is 0 Å². The summed E-state index contributed by atoms with van der Waals surface area (Å²) in [5.74, 6) is 0.717. The summed E-state index contributed by atoms with van der Waals surface area (Å²) in [6.45, 7) is 2.13. The molecule has 0 radical (unpaired) electrons. The largest absolute Gasteiger partial charge is 0.384 e. The summed E-state index contributed by atoms with van der Waals surface area (Å²) < 4.78 is 0. The van der Waals surface area contributed by atoms with E-state index in [4.69, 9.17) is 11.5 Å². The van der Waals surface area contributed by atoms with Gasteiger partial charge in [-0.05, 0) is 12.8 Å². The standard InChI is InChI=1S/C8H14N4/c1-2-3-4-6-5-7(9)12-8(10)11-6/h5H,2-4H2,1H3,(H4,9,10,11,12). The zero-order chi connectivity index (χ0) is 8.97. The van der Waals surface area contributed by atoms with Crippen molar-refractivity contribution in [3.63, 3.8) is 0 Å². The van der Waals surface area contributed by atoms with Crippen LogP contribution in [0.15, 0.2) is 6.07 Å². The number of unbranched alkanes of at least 4 members (excludes halogenated alkanes) is 1. The molecule has 1 rings (SSSR count). The first-order valence-electron chi connectivity index (χ1n) is 4.11. The number of hydrogen-bond donors (Lipinski definition) is 2. The molecule has 4 nitrogen and oxygen atoms in total. The summed E-state index contributed by atoms with van der Waals surface area (Å²) in [7, 11) is 0. The Balaban J connectivity index is 2.72. The monoisotopic (exact) mass is 166 g/mol. The quantitative estimate of drug-likeness (QED) is 0.701. The number of nitrogen functional groups attached to an aromatic ring is 2. The van der Waals surface area contributed by atoms with Gasteiger partial charge in [-0.3, -0.25) is 0 Å². The molecule has 0 saturated heterocycles. The van der Waals surface area contributed by atoms with Gasteiger partial charge in [0.1, 0.15) is 5.82 Å². The van der Waals surface area contributed by atoms with Crippen LogP contribution in [-0.2, 0) is 6.42 Å². The molecule has 0 atom stereocenters. The van der Waals surface area contributed by atoms with Crippen LogP contribution in [0, 0.1) is 0 Å². The van der Waals surface area contributed by atoms with Crippen molar-refractivity contribution in [2.75, 3.05) is 11.5 Å². The van der Waals surface area contributed by atoms with Crippen LogP contribution in [0.4, 0.5) is 11.8 Å². The third-order valence-electron chi connectivity index (χ3n) is 1.60. The fraction of sp³-hybridized carbons (Fsp3) is 0.500. The van der Waals surface area contributed by atoms with E-state index in [0.29, 0.717) is 5.82 Å². The van der Waals surface area contributed by atoms with E-state index >= 15 is 0 Å². The number of nitrogens with zero attached hydrogens (tertiary/aromatic N) is 2. The van der Waals surface area contributed by atoms with Crippen molar-refractivity contribution in [2.45, 2.75) is 26.2 Å². The predicted octanol–water partition coefficient (Wildman–Crippen LogP) is 0.984. The third-order valence-corrected chi connectivity index (χ3v) is 1.60. The Morgan fingerprint density at radius 3 is 2.67 bits per heavy atom. The van der Waals surface area contributed by atoms with E-state index < -0.39 is 0 Å². The van der Waals surface area contributed by atoms with Crippen LogP contribution in [0.5, 0.6) is 0 Å². The van der Waals surface area contributed by atoms with Crippen molar-refractivity contribution in [1.29, 1.82) is 0 Å². The van der Waals surface area contributed by atoms with Gasteiger partial charge in [-0.25, -0.2) is 4.98 Å². The van der Waals surface area contributed by atoms with Gasteiger partial charge >= 0.3 is 0 Å². The summed E-state index contributed by atoms with van der Waals surface area (Å²) in [6.07, 6.45) is 3.17. The first kappa shape index (κ1) is 8.77. The second-order valence-electron chi connectivity index (χ2n) is 2.75. The molecule has 0 amide bonds. The minimum atomic E-state index is 0.265. The van der Waals surface area contributed by atoms with Crippen LogP contribution in [0.25, 0.3) is 0 Å². The maximum Gasteiger partial charge on any atom is 0.222 e. The van der Waals surface area contributed by atoms with E-state index in [1.54, 1.807) is 6.07 Å². The van der Waals surface area contributed by atoms with E-state index in [-0.39, 0.29) is 5.95 Å². The minimum Gasteiger partial charge on any atom is -0.384 e. The van der Waals surface area contributed by atoms with Crippen LogP contribution in [-0.4, -0.2) is 9.97 Å². The highest BCUT2D eigenvalue weighted by molar-refractivity contribution is 5.35. The fourth-order valence-corrected chi connectivity index (χ4v) is 1.03. The van der Waals surface area contributed by atoms with Crippen molar-refractivity contribution < 1.29 is 0 Å². The molecule has 0 aliphatic carbocycles. The van der Waals surface area contributed by atoms with Crippen LogP contribution < -0.4 is 11.5 Å². The molecule has 0 aliphatic heterocycles. The van der Waals surface area contributed by atoms with Gasteiger partial charge in [-0.15, -0.1) is 0 Å². The zero-order valence-electron chi connectivity index (χ0n) is 7.25. The van der Waals surface area contributed by atoms with Gasteiger partial charge in [0.15, 0.2) is 0 Å². The second-order valence-corrected chi connectivity index (χ2v) is 2.75. The molecule has 0 unspecified atom stereocenters. The van der Waals surface area contributed by atoms with Crippen molar-refractivity contribution in [3.05, 3.63) is 11.8 Å². The van der Waals surface area contributed by atoms with Gasteiger partial charge in [0.05, 0.1) is 0 Å². The Hall–Kier alpha value is -1.32. The van der Waals surface area contributed by atoms with Crippen LogP contribution in [0.1, 0.15) is 25.5 Å². The first-order valence-corrected chi connectivity index (χ1v) is 4.11. The SMILES string of the molecule is CCCCc1cc(N)nc(N)n1. The minimum absolute atomic E-state index is 0.265. The first-order chi connectivity index (χ1) is 5.72. The van der Waals surface area contributed by atoms with Gasteiger partial charge in [-0.1, -0.05) is 13.3 Å². The van der Waals surface area contributed by atoms with Crippen molar-refractivity contribution in [3.8, 4) is 0 Å². The van der Waals surface area contributed by atoms with E-state index in [0.717, 1.165) is 25.0 Å². The Morgan fingerprint density at radius 2 is 2.08 bits per heavy atom. The summed E-state index contributed by atoms with van der Waals surface area (Å²) in [5, 5.41) is 0. The van der Waals surface area contributed by atoms with E-state index in [9.17, 15) is 0 Å². The summed E-state index contributed by atoms with van der Waals surface area (Å²) >= 11 is 0. The molecule has 0 saturated carbocycles. The molecule has 4 N–H and O–H groups in total. The van der Waals surface area contributed by atoms with Gasteiger partial charge in [0.2, 0.25) is 5.95 Å². The molecule has 66 valence electrons. The van der Waals surface area contributed by atoms with Gasteiger partial charge in [-0.2, -0.15) is 4.98 Å².